The summed E-state index contributed by atoms with van der Waals surface area (Å²) < 4.78 is 0. The van der Waals surface area contributed by atoms with Crippen LogP contribution in [0.5, 0.6) is 0 Å². The lowest BCUT2D eigenvalue weighted by Gasteiger charge is -2.36. The molecule has 1 fully saturated rings. The molecule has 1 heterocycles. The Labute approximate surface area is 145 Å². The smallest absolute Gasteiger partial charge is 0.269 e. The number of hydrogen-bond donors (Lipinski definition) is 2. The van der Waals surface area contributed by atoms with E-state index in [9.17, 15) is 9.59 Å². The normalized spacial score (nSPS) is 22.1. The fourth-order valence-electron chi connectivity index (χ4n) is 2.63. The number of piperazine rings is 1. The molecule has 5 heteroatoms. The van der Waals surface area contributed by atoms with Gasteiger partial charge >= 0.3 is 0 Å². The fraction of sp³-hybridized carbons (Fsp3) is 0.158. The van der Waals surface area contributed by atoms with Crippen molar-refractivity contribution < 1.29 is 9.59 Å². The Balaban J connectivity index is 1.85. The van der Waals surface area contributed by atoms with Crippen molar-refractivity contribution in [3.8, 4) is 0 Å². The first-order valence-electron chi connectivity index (χ1n) is 7.63. The Morgan fingerprint density at radius 3 is 2.25 bits per heavy atom. The predicted octanol–water partition coefficient (Wildman–Crippen LogP) is 2.58. The Morgan fingerprint density at radius 2 is 1.62 bits per heavy atom. The van der Waals surface area contributed by atoms with Gasteiger partial charge in [-0.2, -0.15) is 0 Å². The predicted molar refractivity (Wildman–Crippen MR) is 97.1 cm³/mol. The summed E-state index contributed by atoms with van der Waals surface area (Å²) in [5.74, 6) is -0.482. The SMILES string of the molecule is CS[C@]1(Cc2ccccc2)NC(=O)C(=Cc2ccccc2)NC1=O. The molecule has 0 radical (unpaired) electrons. The standard InChI is InChI=1S/C19H18N2O2S/c1-24-19(13-15-10-6-3-7-11-15)18(23)20-16(17(22)21-19)12-14-8-4-2-5-9-14/h2-12H,13H2,1H3,(H,20,23)(H,21,22)/t19-/m0/s1. The van der Waals surface area contributed by atoms with E-state index in [1.54, 1.807) is 6.08 Å². The number of nitrogens with one attached hydrogen (secondary N) is 2. The molecule has 1 atom stereocenters. The van der Waals surface area contributed by atoms with Crippen LogP contribution < -0.4 is 10.6 Å². The van der Waals surface area contributed by atoms with Gasteiger partial charge in [0.1, 0.15) is 5.70 Å². The highest BCUT2D eigenvalue weighted by atomic mass is 32.2. The van der Waals surface area contributed by atoms with Crippen molar-refractivity contribution in [2.24, 2.45) is 0 Å². The third kappa shape index (κ3) is 3.36. The first-order chi connectivity index (χ1) is 11.6. The Kier molecular flexibility index (Phi) is 4.71. The van der Waals surface area contributed by atoms with Crippen molar-refractivity contribution in [3.63, 3.8) is 0 Å². The van der Waals surface area contributed by atoms with Gasteiger partial charge in [0.05, 0.1) is 0 Å². The average molecular weight is 338 g/mol. The second kappa shape index (κ2) is 6.93. The van der Waals surface area contributed by atoms with E-state index >= 15 is 0 Å². The van der Waals surface area contributed by atoms with Gasteiger partial charge in [-0.15, -0.1) is 11.8 Å². The van der Waals surface area contributed by atoms with Crippen LogP contribution in [0.25, 0.3) is 6.08 Å². The molecule has 0 spiro atoms. The number of carbonyl (C=O) groups is 2. The molecule has 1 saturated heterocycles. The first-order valence-corrected chi connectivity index (χ1v) is 8.85. The number of benzene rings is 2. The third-order valence-corrected chi connectivity index (χ3v) is 5.06. The van der Waals surface area contributed by atoms with Crippen LogP contribution >= 0.6 is 11.8 Å². The van der Waals surface area contributed by atoms with E-state index in [0.717, 1.165) is 11.1 Å². The summed E-state index contributed by atoms with van der Waals surface area (Å²) in [6.45, 7) is 0. The number of amides is 2. The van der Waals surface area contributed by atoms with Gasteiger partial charge in [-0.25, -0.2) is 0 Å². The van der Waals surface area contributed by atoms with Gasteiger partial charge in [0.2, 0.25) is 0 Å². The number of thioether (sulfide) groups is 1. The molecule has 2 amide bonds. The van der Waals surface area contributed by atoms with Crippen LogP contribution in [0, 0.1) is 0 Å². The Morgan fingerprint density at radius 1 is 1.00 bits per heavy atom. The summed E-state index contributed by atoms with van der Waals surface area (Å²) in [7, 11) is 0. The largest absolute Gasteiger partial charge is 0.328 e. The van der Waals surface area contributed by atoms with E-state index in [1.807, 2.05) is 66.9 Å². The number of hydrogen-bond acceptors (Lipinski definition) is 3. The topological polar surface area (TPSA) is 58.2 Å². The molecule has 4 nitrogen and oxygen atoms in total. The molecule has 0 bridgehead atoms. The number of carbonyl (C=O) groups excluding carboxylic acids is 2. The number of rotatable bonds is 4. The van der Waals surface area contributed by atoms with Crippen LogP contribution in [0.15, 0.2) is 66.4 Å². The van der Waals surface area contributed by atoms with Crippen molar-refractivity contribution >= 4 is 29.7 Å². The van der Waals surface area contributed by atoms with Gasteiger partial charge < -0.3 is 10.6 Å². The van der Waals surface area contributed by atoms with Crippen LogP contribution in [-0.4, -0.2) is 22.9 Å². The molecule has 2 aromatic rings. The van der Waals surface area contributed by atoms with Gasteiger partial charge in [0.15, 0.2) is 4.87 Å². The lowest BCUT2D eigenvalue weighted by molar-refractivity contribution is -0.132. The summed E-state index contributed by atoms with van der Waals surface area (Å²) in [6, 6.07) is 19.1. The van der Waals surface area contributed by atoms with Crippen molar-refractivity contribution in [1.82, 2.24) is 10.6 Å². The molecule has 0 aliphatic carbocycles. The van der Waals surface area contributed by atoms with E-state index in [4.69, 9.17) is 0 Å². The van der Waals surface area contributed by atoms with Crippen LogP contribution in [0.3, 0.4) is 0 Å². The maximum atomic E-state index is 12.7. The molecular formula is C19H18N2O2S. The van der Waals surface area contributed by atoms with E-state index < -0.39 is 4.87 Å². The molecule has 3 rings (SSSR count). The highest BCUT2D eigenvalue weighted by molar-refractivity contribution is 8.00. The third-order valence-electron chi connectivity index (χ3n) is 3.93. The monoisotopic (exact) mass is 338 g/mol. The van der Waals surface area contributed by atoms with Crippen molar-refractivity contribution in [2.45, 2.75) is 11.3 Å². The molecular weight excluding hydrogens is 320 g/mol. The minimum absolute atomic E-state index is 0.208. The summed E-state index contributed by atoms with van der Waals surface area (Å²) in [5, 5.41) is 5.66. The lowest BCUT2D eigenvalue weighted by atomic mass is 10.0. The van der Waals surface area contributed by atoms with Crippen LogP contribution in [0.2, 0.25) is 0 Å². The van der Waals surface area contributed by atoms with Gasteiger partial charge in [-0.1, -0.05) is 60.7 Å². The van der Waals surface area contributed by atoms with Crippen LogP contribution in [0.4, 0.5) is 0 Å². The Bertz CT molecular complexity index is 774. The highest BCUT2D eigenvalue weighted by Crippen LogP contribution is 2.28. The van der Waals surface area contributed by atoms with Crippen LogP contribution in [0.1, 0.15) is 11.1 Å². The highest BCUT2D eigenvalue weighted by Gasteiger charge is 2.44. The second-order valence-electron chi connectivity index (χ2n) is 5.57. The lowest BCUT2D eigenvalue weighted by Crippen LogP contribution is -2.63. The zero-order valence-corrected chi connectivity index (χ0v) is 14.1. The van der Waals surface area contributed by atoms with E-state index in [-0.39, 0.29) is 17.5 Å². The van der Waals surface area contributed by atoms with Crippen molar-refractivity contribution in [1.29, 1.82) is 0 Å². The summed E-state index contributed by atoms with van der Waals surface area (Å²) >= 11 is 1.34. The minimum atomic E-state index is -0.994. The quantitative estimate of drug-likeness (QED) is 0.843. The maximum Gasteiger partial charge on any atom is 0.269 e. The molecule has 122 valence electrons. The molecule has 0 saturated carbocycles. The van der Waals surface area contributed by atoms with E-state index in [2.05, 4.69) is 10.6 Å². The first kappa shape index (κ1) is 16.3. The molecule has 1 aliphatic heterocycles. The molecule has 1 aliphatic rings. The summed E-state index contributed by atoms with van der Waals surface area (Å²) in [5.41, 5.74) is 2.13. The van der Waals surface area contributed by atoms with Crippen molar-refractivity contribution in [3.05, 3.63) is 77.5 Å². The van der Waals surface area contributed by atoms with Crippen LogP contribution in [-0.2, 0) is 16.0 Å². The zero-order chi connectivity index (χ0) is 17.0. The van der Waals surface area contributed by atoms with E-state index in [1.165, 1.54) is 11.8 Å². The van der Waals surface area contributed by atoms with Crippen molar-refractivity contribution in [2.75, 3.05) is 6.26 Å². The zero-order valence-electron chi connectivity index (χ0n) is 13.3. The molecule has 2 N–H and O–H groups in total. The Hall–Kier alpha value is -2.53. The van der Waals surface area contributed by atoms with Gasteiger partial charge in [-0.05, 0) is 23.5 Å². The molecule has 2 aromatic carbocycles. The molecule has 24 heavy (non-hydrogen) atoms. The minimum Gasteiger partial charge on any atom is -0.328 e. The summed E-state index contributed by atoms with van der Waals surface area (Å²) in [4.78, 5) is 24.2. The second-order valence-corrected chi connectivity index (χ2v) is 6.68. The average Bonchev–Trinajstić information content (AvgIpc) is 2.61. The molecule has 0 aromatic heterocycles. The van der Waals surface area contributed by atoms with Gasteiger partial charge in [0.25, 0.3) is 11.8 Å². The fourth-order valence-corrected chi connectivity index (χ4v) is 3.37. The summed E-state index contributed by atoms with van der Waals surface area (Å²) in [6.07, 6.45) is 3.94. The van der Waals surface area contributed by atoms with E-state index in [0.29, 0.717) is 6.42 Å². The van der Waals surface area contributed by atoms with Gasteiger partial charge in [-0.3, -0.25) is 9.59 Å². The molecule has 0 unspecified atom stereocenters. The maximum absolute atomic E-state index is 12.7. The van der Waals surface area contributed by atoms with Gasteiger partial charge in [0, 0.05) is 6.42 Å².